The Bertz CT molecular complexity index is 280. The van der Waals surface area contributed by atoms with Crippen LogP contribution in [0.25, 0.3) is 0 Å². The molecule has 0 amide bonds. The van der Waals surface area contributed by atoms with E-state index in [2.05, 4.69) is 15.2 Å². The predicted molar refractivity (Wildman–Crippen MR) is 57.4 cm³/mol. The summed E-state index contributed by atoms with van der Waals surface area (Å²) in [7, 11) is 0. The molecular weight excluding hydrogens is 198 g/mol. The number of halogens is 1. The van der Waals surface area contributed by atoms with Gasteiger partial charge in [-0.05, 0) is 11.6 Å². The molecule has 1 aromatic heterocycles. The Balaban J connectivity index is 1.92. The molecule has 1 aliphatic heterocycles. The van der Waals surface area contributed by atoms with Gasteiger partial charge in [0, 0.05) is 38.9 Å². The van der Waals surface area contributed by atoms with Crippen molar-refractivity contribution in [1.82, 2.24) is 15.2 Å². The zero-order valence-corrected chi connectivity index (χ0v) is 8.80. The Hall–Kier alpha value is -0.640. The second-order valence-corrected chi connectivity index (χ2v) is 3.90. The molecule has 4 heteroatoms. The molecule has 0 aliphatic carbocycles. The molecule has 1 saturated heterocycles. The molecule has 2 heterocycles. The van der Waals surface area contributed by atoms with E-state index in [1.807, 2.05) is 18.3 Å². The van der Waals surface area contributed by atoms with Crippen molar-refractivity contribution in [2.75, 3.05) is 26.2 Å². The monoisotopic (exact) mass is 211 g/mol. The molecule has 1 N–H and O–H groups in total. The van der Waals surface area contributed by atoms with Crippen molar-refractivity contribution in [3.63, 3.8) is 0 Å². The molecule has 1 fully saturated rings. The first-order valence-corrected chi connectivity index (χ1v) is 5.26. The molecule has 3 nitrogen and oxygen atoms in total. The second-order valence-electron chi connectivity index (χ2n) is 3.52. The van der Waals surface area contributed by atoms with Crippen LogP contribution < -0.4 is 5.32 Å². The Kier molecular flexibility index (Phi) is 3.35. The largest absolute Gasteiger partial charge is 0.314 e. The van der Waals surface area contributed by atoms with Crippen LogP contribution in [0.5, 0.6) is 0 Å². The number of rotatable bonds is 2. The third kappa shape index (κ3) is 2.67. The van der Waals surface area contributed by atoms with Crippen molar-refractivity contribution < 1.29 is 0 Å². The number of hydrogen-bond acceptors (Lipinski definition) is 3. The van der Waals surface area contributed by atoms with Gasteiger partial charge in [0.15, 0.2) is 0 Å². The molecule has 1 aliphatic rings. The summed E-state index contributed by atoms with van der Waals surface area (Å²) in [5.74, 6) is 0. The maximum atomic E-state index is 5.72. The van der Waals surface area contributed by atoms with Gasteiger partial charge in [0.1, 0.15) is 5.15 Å². The first kappa shape index (κ1) is 9.90. The van der Waals surface area contributed by atoms with Gasteiger partial charge in [0.25, 0.3) is 0 Å². The maximum absolute atomic E-state index is 5.72. The van der Waals surface area contributed by atoms with Crippen molar-refractivity contribution >= 4 is 11.6 Å². The van der Waals surface area contributed by atoms with Crippen LogP contribution in [0.3, 0.4) is 0 Å². The summed E-state index contributed by atoms with van der Waals surface area (Å²) in [5.41, 5.74) is 1.23. The molecule has 0 bridgehead atoms. The number of nitrogens with zero attached hydrogens (tertiary/aromatic N) is 2. The summed E-state index contributed by atoms with van der Waals surface area (Å²) in [4.78, 5) is 6.49. The zero-order valence-electron chi connectivity index (χ0n) is 8.04. The van der Waals surface area contributed by atoms with E-state index in [0.29, 0.717) is 5.15 Å². The summed E-state index contributed by atoms with van der Waals surface area (Å²) in [6, 6.07) is 3.89. The van der Waals surface area contributed by atoms with Crippen LogP contribution in [-0.2, 0) is 6.54 Å². The van der Waals surface area contributed by atoms with E-state index in [0.717, 1.165) is 32.7 Å². The van der Waals surface area contributed by atoms with Crippen LogP contribution in [0.15, 0.2) is 18.3 Å². The van der Waals surface area contributed by atoms with Gasteiger partial charge in [-0.1, -0.05) is 17.7 Å². The van der Waals surface area contributed by atoms with Crippen molar-refractivity contribution in [2.24, 2.45) is 0 Å². The molecule has 0 radical (unpaired) electrons. The first-order valence-electron chi connectivity index (χ1n) is 4.88. The highest BCUT2D eigenvalue weighted by molar-refractivity contribution is 6.29. The Labute approximate surface area is 89.1 Å². The first-order chi connectivity index (χ1) is 6.84. The van der Waals surface area contributed by atoms with Gasteiger partial charge >= 0.3 is 0 Å². The van der Waals surface area contributed by atoms with Crippen LogP contribution in [0.1, 0.15) is 5.56 Å². The van der Waals surface area contributed by atoms with Crippen molar-refractivity contribution in [1.29, 1.82) is 0 Å². The average molecular weight is 212 g/mol. The topological polar surface area (TPSA) is 28.2 Å². The van der Waals surface area contributed by atoms with E-state index >= 15 is 0 Å². The van der Waals surface area contributed by atoms with E-state index in [9.17, 15) is 0 Å². The van der Waals surface area contributed by atoms with Crippen LogP contribution in [0, 0.1) is 0 Å². The fraction of sp³-hybridized carbons (Fsp3) is 0.500. The van der Waals surface area contributed by atoms with E-state index < -0.39 is 0 Å². The minimum atomic E-state index is 0.564. The summed E-state index contributed by atoms with van der Waals surface area (Å²) in [6.45, 7) is 5.37. The average Bonchev–Trinajstić information content (AvgIpc) is 2.23. The molecule has 2 rings (SSSR count). The maximum Gasteiger partial charge on any atom is 0.129 e. The standard InChI is InChI=1S/C10H14ClN3/c11-10-2-1-9(7-13-10)8-14-5-3-12-4-6-14/h1-2,7,12H,3-6,8H2. The van der Waals surface area contributed by atoms with E-state index in [1.165, 1.54) is 5.56 Å². The lowest BCUT2D eigenvalue weighted by atomic mass is 10.2. The zero-order chi connectivity index (χ0) is 9.80. The number of pyridine rings is 1. The van der Waals surface area contributed by atoms with Crippen LogP contribution >= 0.6 is 11.6 Å². The number of aromatic nitrogens is 1. The number of nitrogens with one attached hydrogen (secondary N) is 1. The minimum absolute atomic E-state index is 0.564. The van der Waals surface area contributed by atoms with Gasteiger partial charge in [-0.25, -0.2) is 4.98 Å². The van der Waals surface area contributed by atoms with E-state index in [1.54, 1.807) is 0 Å². The number of hydrogen-bond donors (Lipinski definition) is 1. The molecule has 0 saturated carbocycles. The highest BCUT2D eigenvalue weighted by Crippen LogP contribution is 2.08. The third-order valence-corrected chi connectivity index (χ3v) is 2.63. The number of piperazine rings is 1. The molecule has 0 unspecified atom stereocenters. The Morgan fingerprint density at radius 3 is 2.79 bits per heavy atom. The summed E-state index contributed by atoms with van der Waals surface area (Å²) >= 11 is 5.72. The highest BCUT2D eigenvalue weighted by Gasteiger charge is 2.09. The van der Waals surface area contributed by atoms with Gasteiger partial charge in [-0.3, -0.25) is 4.90 Å². The molecule has 0 aromatic carbocycles. The SMILES string of the molecule is Clc1ccc(CN2CCNCC2)cn1. The smallest absolute Gasteiger partial charge is 0.129 e. The van der Waals surface area contributed by atoms with Crippen LogP contribution in [-0.4, -0.2) is 36.1 Å². The lowest BCUT2D eigenvalue weighted by Crippen LogP contribution is -2.42. The molecular formula is C10H14ClN3. The van der Waals surface area contributed by atoms with Crippen LogP contribution in [0.2, 0.25) is 5.15 Å². The van der Waals surface area contributed by atoms with Gasteiger partial charge < -0.3 is 5.32 Å². The van der Waals surface area contributed by atoms with Crippen molar-refractivity contribution in [3.05, 3.63) is 29.0 Å². The van der Waals surface area contributed by atoms with E-state index in [-0.39, 0.29) is 0 Å². The normalized spacial score (nSPS) is 18.4. The second kappa shape index (κ2) is 4.73. The third-order valence-electron chi connectivity index (χ3n) is 2.40. The van der Waals surface area contributed by atoms with Gasteiger partial charge in [0.2, 0.25) is 0 Å². The lowest BCUT2D eigenvalue weighted by molar-refractivity contribution is 0.233. The quantitative estimate of drug-likeness (QED) is 0.744. The summed E-state index contributed by atoms with van der Waals surface area (Å²) < 4.78 is 0. The van der Waals surface area contributed by atoms with Crippen molar-refractivity contribution in [2.45, 2.75) is 6.54 Å². The predicted octanol–water partition coefficient (Wildman–Crippen LogP) is 1.14. The highest BCUT2D eigenvalue weighted by atomic mass is 35.5. The van der Waals surface area contributed by atoms with Gasteiger partial charge in [-0.2, -0.15) is 0 Å². The molecule has 0 atom stereocenters. The summed E-state index contributed by atoms with van der Waals surface area (Å²) in [6.07, 6.45) is 1.85. The molecule has 0 spiro atoms. The fourth-order valence-corrected chi connectivity index (χ4v) is 1.74. The summed E-state index contributed by atoms with van der Waals surface area (Å²) in [5, 5.41) is 3.90. The molecule has 76 valence electrons. The van der Waals surface area contributed by atoms with Crippen molar-refractivity contribution in [3.8, 4) is 0 Å². The lowest BCUT2D eigenvalue weighted by Gasteiger charge is -2.26. The molecule has 14 heavy (non-hydrogen) atoms. The Morgan fingerprint density at radius 1 is 1.36 bits per heavy atom. The van der Waals surface area contributed by atoms with Gasteiger partial charge in [0.05, 0.1) is 0 Å². The Morgan fingerprint density at radius 2 is 2.14 bits per heavy atom. The fourth-order valence-electron chi connectivity index (χ4n) is 1.63. The van der Waals surface area contributed by atoms with E-state index in [4.69, 9.17) is 11.6 Å². The van der Waals surface area contributed by atoms with Gasteiger partial charge in [-0.15, -0.1) is 0 Å². The van der Waals surface area contributed by atoms with Crippen LogP contribution in [0.4, 0.5) is 0 Å². The minimum Gasteiger partial charge on any atom is -0.314 e. The molecule has 1 aromatic rings.